The Morgan fingerprint density at radius 1 is 1.41 bits per heavy atom. The second kappa shape index (κ2) is 5.44. The van der Waals surface area contributed by atoms with Crippen LogP contribution in [0.5, 0.6) is 0 Å². The van der Waals surface area contributed by atoms with Crippen LogP contribution in [0.2, 0.25) is 0 Å². The summed E-state index contributed by atoms with van der Waals surface area (Å²) in [5.41, 5.74) is 0.739. The molecule has 1 rings (SSSR count). The van der Waals surface area contributed by atoms with Gasteiger partial charge >= 0.3 is 0 Å². The van der Waals surface area contributed by atoms with Gasteiger partial charge in [0.05, 0.1) is 4.90 Å². The Kier molecular flexibility index (Phi) is 4.44. The number of rotatable bonds is 3. The average Bonchev–Trinajstić information content (AvgIpc) is 2.27. The first-order valence-electron chi connectivity index (χ1n) is 4.95. The fourth-order valence-corrected chi connectivity index (χ4v) is 1.96. The summed E-state index contributed by atoms with van der Waals surface area (Å²) in [5, 5.41) is 3.53. The zero-order valence-electron chi connectivity index (χ0n) is 9.54. The first-order chi connectivity index (χ1) is 7.86. The number of benzene rings is 1. The van der Waals surface area contributed by atoms with Gasteiger partial charge in [0.2, 0.25) is 0 Å². The Hall–Kier alpha value is -1.18. The molecule has 1 aromatic carbocycles. The molecule has 2 N–H and O–H groups in total. The first-order valence-corrected chi connectivity index (χ1v) is 6.80. The number of nitrogens with zero attached hydrogens (tertiary/aromatic N) is 1. The zero-order chi connectivity index (χ0) is 13.1. The van der Waals surface area contributed by atoms with Gasteiger partial charge < -0.3 is 10.2 Å². The van der Waals surface area contributed by atoms with Gasteiger partial charge in [-0.15, -0.1) is 0 Å². The summed E-state index contributed by atoms with van der Waals surface area (Å²) >= 11 is 5.11. The summed E-state index contributed by atoms with van der Waals surface area (Å²) in [6.07, 6.45) is 0. The molecule has 1 aromatic rings. The van der Waals surface area contributed by atoms with Gasteiger partial charge in [0, 0.05) is 19.3 Å². The lowest BCUT2D eigenvalue weighted by molar-refractivity contribution is 0.483. The Morgan fingerprint density at radius 2 is 1.94 bits per heavy atom. The highest BCUT2D eigenvalue weighted by atomic mass is 32.2. The maximum absolute atomic E-state index is 10.9. The van der Waals surface area contributed by atoms with E-state index in [1.165, 1.54) is 12.1 Å². The molecule has 94 valence electrons. The molecule has 0 aliphatic carbocycles. The fraction of sp³-hybridized carbons (Fsp3) is 0.300. The smallest absolute Gasteiger partial charge is 0.294 e. The molecular formula is C10H14N2O3S2. The van der Waals surface area contributed by atoms with E-state index in [1.54, 1.807) is 24.1 Å². The van der Waals surface area contributed by atoms with Gasteiger partial charge in [0.25, 0.3) is 10.1 Å². The summed E-state index contributed by atoms with van der Waals surface area (Å²) < 4.78 is 30.5. The van der Waals surface area contributed by atoms with Crippen LogP contribution in [0.25, 0.3) is 0 Å². The Balaban J connectivity index is 2.92. The second-order valence-electron chi connectivity index (χ2n) is 3.36. The van der Waals surface area contributed by atoms with Gasteiger partial charge in [-0.05, 0) is 43.4 Å². The van der Waals surface area contributed by atoms with Gasteiger partial charge in [-0.2, -0.15) is 8.42 Å². The largest absolute Gasteiger partial charge is 0.363 e. The van der Waals surface area contributed by atoms with Crippen molar-refractivity contribution in [3.63, 3.8) is 0 Å². The van der Waals surface area contributed by atoms with E-state index < -0.39 is 10.1 Å². The third-order valence-electron chi connectivity index (χ3n) is 2.15. The molecule has 0 unspecified atom stereocenters. The average molecular weight is 274 g/mol. The van der Waals surface area contributed by atoms with E-state index in [-0.39, 0.29) is 4.90 Å². The highest BCUT2D eigenvalue weighted by Gasteiger charge is 2.10. The van der Waals surface area contributed by atoms with Gasteiger partial charge in [-0.25, -0.2) is 0 Å². The molecule has 0 heterocycles. The standard InChI is InChI=1S/C10H14N2O3S2/c1-3-11-10(16)12(2)8-4-6-9(7-5-8)17(13,14)15/h4-7H,3H2,1-2H3,(H,11,16)(H,13,14,15). The predicted molar refractivity (Wildman–Crippen MR) is 70.9 cm³/mol. The third-order valence-corrected chi connectivity index (χ3v) is 3.44. The van der Waals surface area contributed by atoms with Gasteiger partial charge in [0.1, 0.15) is 0 Å². The van der Waals surface area contributed by atoms with Crippen LogP contribution in [0.1, 0.15) is 6.92 Å². The highest BCUT2D eigenvalue weighted by Crippen LogP contribution is 2.16. The topological polar surface area (TPSA) is 69.6 Å². The molecule has 0 saturated carbocycles. The number of hydrogen-bond donors (Lipinski definition) is 2. The molecule has 0 radical (unpaired) electrons. The van der Waals surface area contributed by atoms with E-state index in [1.807, 2.05) is 6.92 Å². The lowest BCUT2D eigenvalue weighted by Crippen LogP contribution is -2.36. The fourth-order valence-electron chi connectivity index (χ4n) is 1.23. The summed E-state index contributed by atoms with van der Waals surface area (Å²) in [4.78, 5) is 1.58. The summed E-state index contributed by atoms with van der Waals surface area (Å²) in [6.45, 7) is 2.65. The Bertz CT molecular complexity index is 497. The van der Waals surface area contributed by atoms with Crippen molar-refractivity contribution >= 4 is 33.1 Å². The maximum atomic E-state index is 10.9. The zero-order valence-corrected chi connectivity index (χ0v) is 11.2. The van der Waals surface area contributed by atoms with Crippen molar-refractivity contribution in [2.75, 3.05) is 18.5 Å². The highest BCUT2D eigenvalue weighted by molar-refractivity contribution is 7.85. The Labute approximate surface area is 106 Å². The van der Waals surface area contributed by atoms with Crippen molar-refractivity contribution < 1.29 is 13.0 Å². The van der Waals surface area contributed by atoms with Crippen molar-refractivity contribution in [3.8, 4) is 0 Å². The van der Waals surface area contributed by atoms with Crippen molar-refractivity contribution in [2.24, 2.45) is 0 Å². The molecule has 0 saturated heterocycles. The van der Waals surface area contributed by atoms with Crippen LogP contribution in [0.15, 0.2) is 29.2 Å². The van der Waals surface area contributed by atoms with E-state index in [9.17, 15) is 8.42 Å². The van der Waals surface area contributed by atoms with Crippen LogP contribution in [0.3, 0.4) is 0 Å². The van der Waals surface area contributed by atoms with Crippen LogP contribution in [-0.2, 0) is 10.1 Å². The summed E-state index contributed by atoms with van der Waals surface area (Å²) in [7, 11) is -2.37. The molecule has 0 fully saturated rings. The van der Waals surface area contributed by atoms with E-state index in [0.717, 1.165) is 5.69 Å². The van der Waals surface area contributed by atoms with Crippen molar-refractivity contribution in [1.29, 1.82) is 0 Å². The number of anilines is 1. The minimum Gasteiger partial charge on any atom is -0.363 e. The molecule has 0 bridgehead atoms. The van der Waals surface area contributed by atoms with Gasteiger partial charge in [0.15, 0.2) is 5.11 Å². The Morgan fingerprint density at radius 3 is 2.35 bits per heavy atom. The molecule has 0 aromatic heterocycles. The van der Waals surface area contributed by atoms with Crippen LogP contribution in [0.4, 0.5) is 5.69 Å². The minimum absolute atomic E-state index is 0.135. The van der Waals surface area contributed by atoms with E-state index in [2.05, 4.69) is 5.32 Å². The predicted octanol–water partition coefficient (Wildman–Crippen LogP) is 1.26. The van der Waals surface area contributed by atoms with Crippen LogP contribution >= 0.6 is 12.2 Å². The lowest BCUT2D eigenvalue weighted by Gasteiger charge is -2.20. The van der Waals surface area contributed by atoms with E-state index in [0.29, 0.717) is 11.7 Å². The van der Waals surface area contributed by atoms with Crippen LogP contribution < -0.4 is 10.2 Å². The van der Waals surface area contributed by atoms with E-state index in [4.69, 9.17) is 16.8 Å². The molecule has 0 aliphatic rings. The van der Waals surface area contributed by atoms with Gasteiger partial charge in [-0.3, -0.25) is 4.55 Å². The molecule has 0 spiro atoms. The van der Waals surface area contributed by atoms with E-state index >= 15 is 0 Å². The van der Waals surface area contributed by atoms with Gasteiger partial charge in [-0.1, -0.05) is 0 Å². The quantitative estimate of drug-likeness (QED) is 0.639. The summed E-state index contributed by atoms with van der Waals surface area (Å²) in [6, 6.07) is 5.81. The number of nitrogens with one attached hydrogen (secondary N) is 1. The molecular weight excluding hydrogens is 260 g/mol. The SMILES string of the molecule is CCNC(=S)N(C)c1ccc(S(=O)(=O)O)cc1. The summed E-state index contributed by atoms with van der Waals surface area (Å²) in [5.74, 6) is 0. The first kappa shape index (κ1) is 13.9. The van der Waals surface area contributed by atoms with Crippen LogP contribution in [-0.4, -0.2) is 31.7 Å². The monoisotopic (exact) mass is 274 g/mol. The molecule has 7 heteroatoms. The maximum Gasteiger partial charge on any atom is 0.294 e. The molecule has 5 nitrogen and oxygen atoms in total. The van der Waals surface area contributed by atoms with Crippen molar-refractivity contribution in [2.45, 2.75) is 11.8 Å². The second-order valence-corrected chi connectivity index (χ2v) is 5.17. The number of hydrogen-bond acceptors (Lipinski definition) is 3. The minimum atomic E-state index is -4.14. The van der Waals surface area contributed by atoms with Crippen LogP contribution in [0, 0.1) is 0 Å². The molecule has 0 aliphatic heterocycles. The van der Waals surface area contributed by atoms with Crippen molar-refractivity contribution in [1.82, 2.24) is 5.32 Å². The van der Waals surface area contributed by atoms with Crippen molar-refractivity contribution in [3.05, 3.63) is 24.3 Å². The third kappa shape index (κ3) is 3.65. The molecule has 17 heavy (non-hydrogen) atoms. The molecule has 0 amide bonds. The lowest BCUT2D eigenvalue weighted by atomic mass is 10.3. The molecule has 0 atom stereocenters. The normalized spacial score (nSPS) is 11.0. The number of thiocarbonyl (C=S) groups is 1.